The van der Waals surface area contributed by atoms with E-state index in [1.807, 2.05) is 47.4 Å². The van der Waals surface area contributed by atoms with Crippen LogP contribution < -0.4 is 9.47 Å². The van der Waals surface area contributed by atoms with Crippen molar-refractivity contribution in [2.24, 2.45) is 0 Å². The first-order valence-electron chi connectivity index (χ1n) is 9.80. The molecule has 0 N–H and O–H groups in total. The van der Waals surface area contributed by atoms with Crippen LogP contribution in [0.3, 0.4) is 0 Å². The van der Waals surface area contributed by atoms with E-state index >= 15 is 0 Å². The predicted molar refractivity (Wildman–Crippen MR) is 111 cm³/mol. The maximum Gasteiger partial charge on any atom is 0.229 e. The zero-order valence-electron chi connectivity index (χ0n) is 17.0. The molecule has 4 rings (SSSR count). The molecule has 1 aromatic heterocycles. The fourth-order valence-electron chi connectivity index (χ4n) is 3.98. The molecule has 154 valence electrons. The van der Waals surface area contributed by atoms with E-state index in [-0.39, 0.29) is 18.4 Å². The van der Waals surface area contributed by atoms with Gasteiger partial charge in [0.15, 0.2) is 11.5 Å². The van der Waals surface area contributed by atoms with Crippen molar-refractivity contribution in [2.45, 2.75) is 18.9 Å². The first-order chi connectivity index (χ1) is 14.6. The van der Waals surface area contributed by atoms with Crippen LogP contribution in [0, 0.1) is 5.82 Å². The lowest BCUT2D eigenvalue weighted by Gasteiger charge is -2.38. The summed E-state index contributed by atoms with van der Waals surface area (Å²) in [6.45, 7) is 0.572. The SMILES string of the molecule is COc1cc2c(cc1OC)[C@@H](c1ccccc1)N(C(=O)Cc1ccc(F)cn1)CC2. The zero-order chi connectivity index (χ0) is 21.1. The van der Waals surface area contributed by atoms with Gasteiger partial charge in [-0.25, -0.2) is 4.39 Å². The molecule has 0 radical (unpaired) electrons. The molecular formula is C24H23FN2O3. The smallest absolute Gasteiger partial charge is 0.229 e. The molecule has 3 aromatic rings. The molecule has 2 heterocycles. The minimum Gasteiger partial charge on any atom is -0.493 e. The summed E-state index contributed by atoms with van der Waals surface area (Å²) < 4.78 is 24.2. The van der Waals surface area contributed by atoms with Crippen molar-refractivity contribution in [3.05, 3.63) is 89.0 Å². The second-order valence-corrected chi connectivity index (χ2v) is 7.20. The van der Waals surface area contributed by atoms with Gasteiger partial charge in [-0.1, -0.05) is 30.3 Å². The molecule has 0 spiro atoms. The normalized spacial score (nSPS) is 15.4. The highest BCUT2D eigenvalue weighted by molar-refractivity contribution is 5.80. The first-order valence-corrected chi connectivity index (χ1v) is 9.80. The quantitative estimate of drug-likeness (QED) is 0.644. The molecule has 1 aliphatic heterocycles. The average Bonchev–Trinajstić information content (AvgIpc) is 2.79. The van der Waals surface area contributed by atoms with Crippen molar-refractivity contribution in [3.8, 4) is 11.5 Å². The van der Waals surface area contributed by atoms with Crippen LogP contribution in [0.4, 0.5) is 4.39 Å². The molecule has 0 saturated carbocycles. The molecule has 30 heavy (non-hydrogen) atoms. The number of nitrogens with zero attached hydrogens (tertiary/aromatic N) is 2. The largest absolute Gasteiger partial charge is 0.493 e. The molecule has 0 fully saturated rings. The monoisotopic (exact) mass is 406 g/mol. The maximum absolute atomic E-state index is 13.3. The van der Waals surface area contributed by atoms with Gasteiger partial charge in [0, 0.05) is 12.2 Å². The fourth-order valence-corrected chi connectivity index (χ4v) is 3.98. The molecule has 1 aliphatic rings. The summed E-state index contributed by atoms with van der Waals surface area (Å²) in [6.07, 6.45) is 1.97. The van der Waals surface area contributed by atoms with Gasteiger partial charge in [-0.3, -0.25) is 9.78 Å². The van der Waals surface area contributed by atoms with Crippen LogP contribution in [0.25, 0.3) is 0 Å². The van der Waals surface area contributed by atoms with Crippen LogP contribution in [0.5, 0.6) is 11.5 Å². The standard InChI is InChI=1S/C24H23FN2O3/c1-29-21-12-17-10-11-27(23(28)13-19-9-8-18(25)15-26-19)24(16-6-4-3-5-7-16)20(17)14-22(21)30-2/h3-9,12,14-15,24H,10-11,13H2,1-2H3/t24-/m1/s1. The number of pyridine rings is 1. The summed E-state index contributed by atoms with van der Waals surface area (Å²) in [5.41, 5.74) is 3.72. The molecule has 0 saturated heterocycles. The summed E-state index contributed by atoms with van der Waals surface area (Å²) in [5, 5.41) is 0. The Morgan fingerprint density at radius 3 is 2.50 bits per heavy atom. The topological polar surface area (TPSA) is 51.7 Å². The van der Waals surface area contributed by atoms with Crippen LogP contribution in [0.2, 0.25) is 0 Å². The molecule has 0 bridgehead atoms. The number of ether oxygens (including phenoxy) is 2. The number of methoxy groups -OCH3 is 2. The van der Waals surface area contributed by atoms with Crippen molar-refractivity contribution in [1.29, 1.82) is 0 Å². The van der Waals surface area contributed by atoms with Gasteiger partial charge in [0.25, 0.3) is 0 Å². The van der Waals surface area contributed by atoms with Gasteiger partial charge in [-0.2, -0.15) is 0 Å². The van der Waals surface area contributed by atoms with Gasteiger partial charge < -0.3 is 14.4 Å². The Hall–Kier alpha value is -3.41. The van der Waals surface area contributed by atoms with E-state index in [4.69, 9.17) is 9.47 Å². The number of hydrogen-bond donors (Lipinski definition) is 0. The van der Waals surface area contributed by atoms with Crippen molar-refractivity contribution in [2.75, 3.05) is 20.8 Å². The van der Waals surface area contributed by atoms with Gasteiger partial charge in [-0.05, 0) is 47.4 Å². The van der Waals surface area contributed by atoms with E-state index in [0.29, 0.717) is 30.2 Å². The Kier molecular flexibility index (Phi) is 5.65. The van der Waals surface area contributed by atoms with Gasteiger partial charge in [0.1, 0.15) is 5.82 Å². The van der Waals surface area contributed by atoms with Crippen molar-refractivity contribution >= 4 is 5.91 Å². The van der Waals surface area contributed by atoms with E-state index < -0.39 is 5.82 Å². The highest BCUT2D eigenvalue weighted by Crippen LogP contribution is 2.41. The van der Waals surface area contributed by atoms with E-state index in [1.165, 1.54) is 6.07 Å². The van der Waals surface area contributed by atoms with E-state index in [0.717, 1.165) is 22.9 Å². The van der Waals surface area contributed by atoms with Gasteiger partial charge in [0.2, 0.25) is 5.91 Å². The third-order valence-corrected chi connectivity index (χ3v) is 5.43. The Morgan fingerprint density at radius 2 is 1.83 bits per heavy atom. The summed E-state index contributed by atoms with van der Waals surface area (Å²) in [4.78, 5) is 19.2. The number of fused-ring (bicyclic) bond motifs is 1. The number of benzene rings is 2. The summed E-state index contributed by atoms with van der Waals surface area (Å²) in [6, 6.07) is 16.5. The lowest BCUT2D eigenvalue weighted by Crippen LogP contribution is -2.41. The second-order valence-electron chi connectivity index (χ2n) is 7.20. The van der Waals surface area contributed by atoms with E-state index in [1.54, 1.807) is 20.3 Å². The second kappa shape index (κ2) is 8.53. The third kappa shape index (κ3) is 3.85. The molecular weight excluding hydrogens is 383 g/mol. The minimum absolute atomic E-state index is 0.0524. The lowest BCUT2D eigenvalue weighted by atomic mass is 9.87. The van der Waals surface area contributed by atoms with Crippen molar-refractivity contribution in [1.82, 2.24) is 9.88 Å². The third-order valence-electron chi connectivity index (χ3n) is 5.43. The Balaban J connectivity index is 1.74. The van der Waals surface area contributed by atoms with Crippen molar-refractivity contribution < 1.29 is 18.7 Å². The number of carbonyl (C=O) groups excluding carboxylic acids is 1. The molecule has 0 aliphatic carbocycles. The number of hydrogen-bond acceptors (Lipinski definition) is 4. The maximum atomic E-state index is 13.3. The van der Waals surface area contributed by atoms with Gasteiger partial charge in [-0.15, -0.1) is 0 Å². The summed E-state index contributed by atoms with van der Waals surface area (Å²) in [7, 11) is 3.22. The average molecular weight is 406 g/mol. The first kappa shape index (κ1) is 19.9. The minimum atomic E-state index is -0.415. The van der Waals surface area contributed by atoms with E-state index in [2.05, 4.69) is 4.98 Å². The lowest BCUT2D eigenvalue weighted by molar-refractivity contribution is -0.132. The van der Waals surface area contributed by atoms with Gasteiger partial charge >= 0.3 is 0 Å². The van der Waals surface area contributed by atoms with Gasteiger partial charge in [0.05, 0.1) is 32.9 Å². The number of aromatic nitrogens is 1. The number of rotatable bonds is 5. The van der Waals surface area contributed by atoms with E-state index in [9.17, 15) is 9.18 Å². The van der Waals surface area contributed by atoms with Crippen LogP contribution in [0.1, 0.15) is 28.4 Å². The van der Waals surface area contributed by atoms with Crippen LogP contribution >= 0.6 is 0 Å². The molecule has 2 aromatic carbocycles. The highest BCUT2D eigenvalue weighted by atomic mass is 19.1. The van der Waals surface area contributed by atoms with Crippen LogP contribution in [0.15, 0.2) is 60.8 Å². The zero-order valence-corrected chi connectivity index (χ0v) is 17.0. The van der Waals surface area contributed by atoms with Crippen LogP contribution in [-0.4, -0.2) is 36.6 Å². The number of amides is 1. The highest BCUT2D eigenvalue weighted by Gasteiger charge is 2.33. The number of carbonyl (C=O) groups is 1. The molecule has 1 amide bonds. The Labute approximate surface area is 175 Å². The predicted octanol–water partition coefficient (Wildman–Crippen LogP) is 3.95. The molecule has 1 atom stereocenters. The molecule has 5 nitrogen and oxygen atoms in total. The Morgan fingerprint density at radius 1 is 1.10 bits per heavy atom. The number of halogens is 1. The van der Waals surface area contributed by atoms with Crippen molar-refractivity contribution in [3.63, 3.8) is 0 Å². The fraction of sp³-hybridized carbons (Fsp3) is 0.250. The van der Waals surface area contributed by atoms with Crippen LogP contribution in [-0.2, 0) is 17.6 Å². The molecule has 0 unspecified atom stereocenters. The molecule has 6 heteroatoms. The summed E-state index contributed by atoms with van der Waals surface area (Å²) in [5.74, 6) is 0.842. The Bertz CT molecular complexity index is 1040. The summed E-state index contributed by atoms with van der Waals surface area (Å²) >= 11 is 0.